The van der Waals surface area contributed by atoms with E-state index in [0.717, 1.165) is 4.90 Å². The lowest BCUT2D eigenvalue weighted by Gasteiger charge is -2.25. The Bertz CT molecular complexity index is 759. The summed E-state index contributed by atoms with van der Waals surface area (Å²) in [6.45, 7) is 2.89. The molecule has 0 bridgehead atoms. The maximum atomic E-state index is 12.6. The van der Waals surface area contributed by atoms with Crippen molar-refractivity contribution in [2.24, 2.45) is 0 Å². The van der Waals surface area contributed by atoms with Crippen LogP contribution in [0, 0.1) is 0 Å². The maximum absolute atomic E-state index is 12.6. The first-order valence-electron chi connectivity index (χ1n) is 7.55. The number of pyridine rings is 1. The lowest BCUT2D eigenvalue weighted by atomic mass is 10.2. The van der Waals surface area contributed by atoms with Crippen molar-refractivity contribution in [1.82, 2.24) is 20.4 Å². The van der Waals surface area contributed by atoms with Gasteiger partial charge in [0.2, 0.25) is 5.91 Å². The molecular formula is C16H18N4O5. The molecule has 132 valence electrons. The highest BCUT2D eigenvalue weighted by Gasteiger charge is 2.28. The molecule has 2 N–H and O–H groups in total. The smallest absolute Gasteiger partial charge is 0.326 e. The van der Waals surface area contributed by atoms with Crippen molar-refractivity contribution in [2.75, 3.05) is 13.1 Å². The fourth-order valence-corrected chi connectivity index (χ4v) is 2.13. The zero-order valence-electron chi connectivity index (χ0n) is 13.8. The van der Waals surface area contributed by atoms with Crippen LogP contribution in [0.15, 0.2) is 35.1 Å². The van der Waals surface area contributed by atoms with Gasteiger partial charge in [-0.25, -0.2) is 4.79 Å². The highest BCUT2D eigenvalue weighted by atomic mass is 16.5. The van der Waals surface area contributed by atoms with Crippen molar-refractivity contribution in [3.05, 3.63) is 36.3 Å². The normalized spacial score (nSPS) is 11.6. The van der Waals surface area contributed by atoms with Gasteiger partial charge in [-0.1, -0.05) is 5.16 Å². The molecule has 0 aromatic carbocycles. The van der Waals surface area contributed by atoms with Crippen molar-refractivity contribution < 1.29 is 24.0 Å². The first-order chi connectivity index (χ1) is 11.9. The molecule has 2 aromatic heterocycles. The van der Waals surface area contributed by atoms with Crippen LogP contribution < -0.4 is 5.32 Å². The average Bonchev–Trinajstić information content (AvgIpc) is 3.08. The fourth-order valence-electron chi connectivity index (χ4n) is 2.13. The summed E-state index contributed by atoms with van der Waals surface area (Å²) in [6.07, 6.45) is 3.15. The molecule has 1 unspecified atom stereocenters. The summed E-state index contributed by atoms with van der Waals surface area (Å²) in [4.78, 5) is 39.9. The number of carbonyl (C=O) groups is 3. The summed E-state index contributed by atoms with van der Waals surface area (Å²) >= 11 is 0. The molecule has 1 atom stereocenters. The number of nitrogens with zero attached hydrogens (tertiary/aromatic N) is 3. The van der Waals surface area contributed by atoms with Gasteiger partial charge in [-0.05, 0) is 19.1 Å². The zero-order valence-corrected chi connectivity index (χ0v) is 13.8. The predicted octanol–water partition coefficient (Wildman–Crippen LogP) is 0.788. The van der Waals surface area contributed by atoms with Gasteiger partial charge in [0.1, 0.15) is 6.04 Å². The first-order valence-corrected chi connectivity index (χ1v) is 7.55. The molecule has 2 aromatic rings. The minimum absolute atomic E-state index is 0.0114. The molecule has 2 rings (SSSR count). The SMILES string of the molecule is CC(=O)NCCN(C(=O)c1cc(-c2ccncc2)on1)C(C)C(=O)O. The van der Waals surface area contributed by atoms with Crippen molar-refractivity contribution in [1.29, 1.82) is 0 Å². The van der Waals surface area contributed by atoms with Gasteiger partial charge in [0, 0.05) is 44.0 Å². The standard InChI is InChI=1S/C16H18N4O5/c1-10(16(23)24)20(8-7-18-11(2)21)15(22)13-9-14(25-19-13)12-3-5-17-6-4-12/h3-6,9-10H,7-8H2,1-2H3,(H,18,21)(H,23,24). The Morgan fingerprint density at radius 2 is 2.00 bits per heavy atom. The van der Waals surface area contributed by atoms with Crippen LogP contribution in [0.2, 0.25) is 0 Å². The van der Waals surface area contributed by atoms with E-state index >= 15 is 0 Å². The highest BCUT2D eigenvalue weighted by Crippen LogP contribution is 2.20. The van der Waals surface area contributed by atoms with Gasteiger partial charge in [-0.2, -0.15) is 0 Å². The molecule has 25 heavy (non-hydrogen) atoms. The summed E-state index contributed by atoms with van der Waals surface area (Å²) in [5, 5.41) is 15.5. The van der Waals surface area contributed by atoms with Gasteiger partial charge >= 0.3 is 5.97 Å². The molecule has 9 heteroatoms. The summed E-state index contributed by atoms with van der Waals surface area (Å²) in [5.41, 5.74) is 0.681. The Balaban J connectivity index is 2.19. The van der Waals surface area contributed by atoms with Gasteiger partial charge in [-0.3, -0.25) is 14.6 Å². The van der Waals surface area contributed by atoms with Gasteiger partial charge in [0.25, 0.3) is 5.91 Å². The lowest BCUT2D eigenvalue weighted by molar-refractivity contribution is -0.141. The second-order valence-electron chi connectivity index (χ2n) is 5.31. The molecule has 2 heterocycles. The molecule has 0 aliphatic heterocycles. The molecule has 0 aliphatic rings. The number of rotatable bonds is 7. The van der Waals surface area contributed by atoms with Crippen LogP contribution in [-0.4, -0.2) is 57.1 Å². The third-order valence-corrected chi connectivity index (χ3v) is 3.51. The minimum atomic E-state index is -1.16. The van der Waals surface area contributed by atoms with E-state index in [-0.39, 0.29) is 24.7 Å². The third-order valence-electron chi connectivity index (χ3n) is 3.51. The molecule has 9 nitrogen and oxygen atoms in total. The van der Waals surface area contributed by atoms with Crippen molar-refractivity contribution in [3.8, 4) is 11.3 Å². The van der Waals surface area contributed by atoms with Crippen LogP contribution in [0.25, 0.3) is 11.3 Å². The quantitative estimate of drug-likeness (QED) is 0.759. The molecule has 0 saturated carbocycles. The summed E-state index contributed by atoms with van der Waals surface area (Å²) in [5.74, 6) is -1.65. The number of amides is 2. The molecule has 0 spiro atoms. The minimum Gasteiger partial charge on any atom is -0.480 e. The largest absolute Gasteiger partial charge is 0.480 e. The molecular weight excluding hydrogens is 328 g/mol. The van der Waals surface area contributed by atoms with E-state index in [1.165, 1.54) is 19.9 Å². The Kier molecular flexibility index (Phi) is 5.83. The Labute approximate surface area is 143 Å². The Morgan fingerprint density at radius 3 is 2.60 bits per heavy atom. The van der Waals surface area contributed by atoms with E-state index in [0.29, 0.717) is 11.3 Å². The van der Waals surface area contributed by atoms with Crippen LogP contribution in [-0.2, 0) is 9.59 Å². The molecule has 0 radical (unpaired) electrons. The van der Waals surface area contributed by atoms with E-state index in [1.54, 1.807) is 24.5 Å². The molecule has 0 aliphatic carbocycles. The number of carbonyl (C=O) groups excluding carboxylic acids is 2. The second-order valence-corrected chi connectivity index (χ2v) is 5.31. The van der Waals surface area contributed by atoms with Gasteiger partial charge in [0.15, 0.2) is 11.5 Å². The van der Waals surface area contributed by atoms with Crippen LogP contribution >= 0.6 is 0 Å². The monoisotopic (exact) mass is 346 g/mol. The summed E-state index contributed by atoms with van der Waals surface area (Å²) in [7, 11) is 0. The summed E-state index contributed by atoms with van der Waals surface area (Å²) < 4.78 is 5.16. The van der Waals surface area contributed by atoms with Crippen LogP contribution in [0.5, 0.6) is 0 Å². The summed E-state index contributed by atoms with van der Waals surface area (Å²) in [6, 6.07) is 3.76. The molecule has 2 amide bonds. The lowest BCUT2D eigenvalue weighted by Crippen LogP contribution is -2.46. The third kappa shape index (κ3) is 4.63. The Hall–Kier alpha value is -3.23. The molecule has 0 saturated heterocycles. The fraction of sp³-hybridized carbons (Fsp3) is 0.312. The van der Waals surface area contributed by atoms with Crippen LogP contribution in [0.4, 0.5) is 0 Å². The van der Waals surface area contributed by atoms with E-state index < -0.39 is 17.9 Å². The number of hydrogen-bond acceptors (Lipinski definition) is 6. The van der Waals surface area contributed by atoms with Gasteiger partial charge < -0.3 is 19.8 Å². The number of hydrogen-bond donors (Lipinski definition) is 2. The van der Waals surface area contributed by atoms with E-state index in [9.17, 15) is 19.5 Å². The average molecular weight is 346 g/mol. The number of carboxylic acid groups (broad SMARTS) is 1. The van der Waals surface area contributed by atoms with E-state index in [2.05, 4.69) is 15.5 Å². The van der Waals surface area contributed by atoms with Crippen molar-refractivity contribution in [3.63, 3.8) is 0 Å². The van der Waals surface area contributed by atoms with Crippen LogP contribution in [0.1, 0.15) is 24.3 Å². The van der Waals surface area contributed by atoms with Gasteiger partial charge in [0.05, 0.1) is 0 Å². The highest BCUT2D eigenvalue weighted by molar-refractivity contribution is 5.95. The number of carboxylic acids is 1. The van der Waals surface area contributed by atoms with Crippen molar-refractivity contribution in [2.45, 2.75) is 19.9 Å². The number of aromatic nitrogens is 2. The van der Waals surface area contributed by atoms with Crippen molar-refractivity contribution >= 4 is 17.8 Å². The second kappa shape index (κ2) is 8.04. The van der Waals surface area contributed by atoms with Crippen LogP contribution in [0.3, 0.4) is 0 Å². The Morgan fingerprint density at radius 1 is 1.32 bits per heavy atom. The van der Waals surface area contributed by atoms with E-state index in [1.807, 2.05) is 0 Å². The van der Waals surface area contributed by atoms with Gasteiger partial charge in [-0.15, -0.1) is 0 Å². The topological polar surface area (TPSA) is 126 Å². The number of nitrogens with one attached hydrogen (secondary N) is 1. The molecule has 0 fully saturated rings. The maximum Gasteiger partial charge on any atom is 0.326 e. The number of aliphatic carboxylic acids is 1. The predicted molar refractivity (Wildman–Crippen MR) is 86.6 cm³/mol. The van der Waals surface area contributed by atoms with E-state index in [4.69, 9.17) is 4.52 Å². The zero-order chi connectivity index (χ0) is 18.4. The first kappa shape index (κ1) is 18.1.